The molecule has 0 amide bonds. The molecule has 92 valence electrons. The van der Waals surface area contributed by atoms with Gasteiger partial charge in [-0.2, -0.15) is 0 Å². The largest absolute Gasteiger partial charge is 0.294 e. The molecule has 0 aliphatic heterocycles. The lowest BCUT2D eigenvalue weighted by Crippen LogP contribution is -2.06. The highest BCUT2D eigenvalue weighted by Crippen LogP contribution is 2.53. The lowest BCUT2D eigenvalue weighted by atomic mass is 9.98. The summed E-state index contributed by atoms with van der Waals surface area (Å²) < 4.78 is 0. The van der Waals surface area contributed by atoms with Crippen molar-refractivity contribution < 1.29 is 4.79 Å². The molecule has 0 aromatic heterocycles. The SMILES string of the molecule is CC(C)Cc1ccc(C(=O)C2CC2(C)C)cc1. The monoisotopic (exact) mass is 230 g/mol. The predicted molar refractivity (Wildman–Crippen MR) is 71.2 cm³/mol. The molecule has 0 spiro atoms. The van der Waals surface area contributed by atoms with Crippen LogP contribution in [-0.2, 0) is 6.42 Å². The van der Waals surface area contributed by atoms with E-state index in [0.29, 0.717) is 11.7 Å². The van der Waals surface area contributed by atoms with Crippen molar-refractivity contribution in [2.75, 3.05) is 0 Å². The van der Waals surface area contributed by atoms with Crippen LogP contribution in [0.1, 0.15) is 50.0 Å². The molecule has 0 N–H and O–H groups in total. The minimum absolute atomic E-state index is 0.230. The molecule has 1 heteroatoms. The number of carbonyl (C=O) groups is 1. The van der Waals surface area contributed by atoms with E-state index < -0.39 is 0 Å². The third-order valence-electron chi connectivity index (χ3n) is 3.71. The number of carbonyl (C=O) groups excluding carboxylic acids is 1. The maximum absolute atomic E-state index is 12.2. The van der Waals surface area contributed by atoms with Gasteiger partial charge in [-0.25, -0.2) is 0 Å². The topological polar surface area (TPSA) is 17.1 Å². The Kier molecular flexibility index (Phi) is 3.11. The Hall–Kier alpha value is -1.11. The maximum atomic E-state index is 12.2. The van der Waals surface area contributed by atoms with Gasteiger partial charge in [-0.3, -0.25) is 4.79 Å². The molecular formula is C16H22O. The van der Waals surface area contributed by atoms with Crippen LogP contribution in [0, 0.1) is 17.3 Å². The van der Waals surface area contributed by atoms with Gasteiger partial charge in [0.15, 0.2) is 5.78 Å². The van der Waals surface area contributed by atoms with Crippen LogP contribution in [0.4, 0.5) is 0 Å². The second kappa shape index (κ2) is 4.29. The first-order chi connectivity index (χ1) is 7.90. The molecule has 17 heavy (non-hydrogen) atoms. The van der Waals surface area contributed by atoms with Crippen LogP contribution in [0.2, 0.25) is 0 Å². The number of ketones is 1. The first-order valence-electron chi connectivity index (χ1n) is 6.53. The summed E-state index contributed by atoms with van der Waals surface area (Å²) in [4.78, 5) is 12.2. The third-order valence-corrected chi connectivity index (χ3v) is 3.71. The summed E-state index contributed by atoms with van der Waals surface area (Å²) in [6.45, 7) is 8.77. The van der Waals surface area contributed by atoms with Crippen LogP contribution < -0.4 is 0 Å². The summed E-state index contributed by atoms with van der Waals surface area (Å²) in [7, 11) is 0. The molecule has 1 unspecified atom stereocenters. The molecule has 1 aromatic carbocycles. The second-order valence-electron chi connectivity index (χ2n) is 6.40. The maximum Gasteiger partial charge on any atom is 0.166 e. The van der Waals surface area contributed by atoms with Gasteiger partial charge in [-0.05, 0) is 29.7 Å². The standard InChI is InChI=1S/C16H22O/c1-11(2)9-12-5-7-13(8-6-12)15(17)14-10-16(14,3)4/h5-8,11,14H,9-10H2,1-4H3. The molecule has 0 saturated heterocycles. The van der Waals surface area contributed by atoms with Crippen molar-refractivity contribution in [2.45, 2.75) is 40.5 Å². The van der Waals surface area contributed by atoms with Crippen LogP contribution >= 0.6 is 0 Å². The Morgan fingerprint density at radius 3 is 2.24 bits per heavy atom. The van der Waals surface area contributed by atoms with E-state index in [4.69, 9.17) is 0 Å². The van der Waals surface area contributed by atoms with Crippen LogP contribution in [0.3, 0.4) is 0 Å². The molecule has 2 rings (SSSR count). The van der Waals surface area contributed by atoms with E-state index in [-0.39, 0.29) is 11.3 Å². The van der Waals surface area contributed by atoms with Crippen molar-refractivity contribution >= 4 is 5.78 Å². The van der Waals surface area contributed by atoms with E-state index in [9.17, 15) is 4.79 Å². The number of benzene rings is 1. The lowest BCUT2D eigenvalue weighted by molar-refractivity contribution is 0.0953. The fraction of sp³-hybridized carbons (Fsp3) is 0.562. The fourth-order valence-corrected chi connectivity index (χ4v) is 2.39. The Balaban J connectivity index is 2.06. The molecular weight excluding hydrogens is 208 g/mol. The zero-order chi connectivity index (χ0) is 12.6. The zero-order valence-corrected chi connectivity index (χ0v) is 11.3. The molecule has 1 fully saturated rings. The Labute approximate surface area is 104 Å². The van der Waals surface area contributed by atoms with Crippen molar-refractivity contribution in [3.8, 4) is 0 Å². The number of hydrogen-bond acceptors (Lipinski definition) is 1. The van der Waals surface area contributed by atoms with Gasteiger partial charge in [-0.15, -0.1) is 0 Å². The van der Waals surface area contributed by atoms with Crippen molar-refractivity contribution in [1.82, 2.24) is 0 Å². The summed E-state index contributed by atoms with van der Waals surface area (Å²) in [5, 5.41) is 0. The summed E-state index contributed by atoms with van der Waals surface area (Å²) in [6.07, 6.45) is 2.13. The van der Waals surface area contributed by atoms with E-state index in [1.807, 2.05) is 12.1 Å². The van der Waals surface area contributed by atoms with Gasteiger partial charge in [0, 0.05) is 11.5 Å². The Morgan fingerprint density at radius 2 is 1.82 bits per heavy atom. The van der Waals surface area contributed by atoms with Gasteiger partial charge in [-0.1, -0.05) is 52.0 Å². The third kappa shape index (κ3) is 2.77. The minimum atomic E-state index is 0.230. The lowest BCUT2D eigenvalue weighted by Gasteiger charge is -2.07. The number of Topliss-reactive ketones (excluding diaryl/α,β-unsaturated/α-hetero) is 1. The number of rotatable bonds is 4. The molecule has 0 heterocycles. The predicted octanol–water partition coefficient (Wildman–Crippen LogP) is 4.11. The van der Waals surface area contributed by atoms with Crippen LogP contribution in [0.5, 0.6) is 0 Å². The quantitative estimate of drug-likeness (QED) is 0.711. The van der Waals surface area contributed by atoms with Gasteiger partial charge in [0.05, 0.1) is 0 Å². The van der Waals surface area contributed by atoms with Crippen LogP contribution in [-0.4, -0.2) is 5.78 Å². The molecule has 1 aliphatic carbocycles. The van der Waals surface area contributed by atoms with E-state index in [1.54, 1.807) is 0 Å². The normalized spacial score (nSPS) is 21.6. The van der Waals surface area contributed by atoms with Gasteiger partial charge in [0.1, 0.15) is 0 Å². The Bertz CT molecular complexity index is 412. The van der Waals surface area contributed by atoms with Crippen molar-refractivity contribution in [1.29, 1.82) is 0 Å². The molecule has 1 aromatic rings. The molecule has 1 saturated carbocycles. The van der Waals surface area contributed by atoms with E-state index in [0.717, 1.165) is 18.4 Å². The summed E-state index contributed by atoms with van der Waals surface area (Å²) in [5.74, 6) is 1.24. The van der Waals surface area contributed by atoms with Crippen molar-refractivity contribution in [3.63, 3.8) is 0 Å². The summed E-state index contributed by atoms with van der Waals surface area (Å²) in [6, 6.07) is 8.19. The second-order valence-corrected chi connectivity index (χ2v) is 6.40. The van der Waals surface area contributed by atoms with Gasteiger partial charge in [0.25, 0.3) is 0 Å². The van der Waals surface area contributed by atoms with Gasteiger partial charge < -0.3 is 0 Å². The first kappa shape index (κ1) is 12.3. The molecule has 1 atom stereocenters. The van der Waals surface area contributed by atoms with E-state index >= 15 is 0 Å². The van der Waals surface area contributed by atoms with Gasteiger partial charge in [0.2, 0.25) is 0 Å². The number of hydrogen-bond donors (Lipinski definition) is 0. The highest BCUT2D eigenvalue weighted by atomic mass is 16.1. The highest BCUT2D eigenvalue weighted by Gasteiger charge is 2.50. The highest BCUT2D eigenvalue weighted by molar-refractivity contribution is 6.00. The molecule has 0 radical (unpaired) electrons. The Morgan fingerprint density at radius 1 is 1.29 bits per heavy atom. The van der Waals surface area contributed by atoms with E-state index in [1.165, 1.54) is 5.56 Å². The van der Waals surface area contributed by atoms with Crippen molar-refractivity contribution in [2.24, 2.45) is 17.3 Å². The molecule has 1 aliphatic rings. The van der Waals surface area contributed by atoms with E-state index in [2.05, 4.69) is 39.8 Å². The molecule has 1 nitrogen and oxygen atoms in total. The minimum Gasteiger partial charge on any atom is -0.294 e. The van der Waals surface area contributed by atoms with Gasteiger partial charge >= 0.3 is 0 Å². The molecule has 0 bridgehead atoms. The zero-order valence-electron chi connectivity index (χ0n) is 11.3. The average molecular weight is 230 g/mol. The smallest absolute Gasteiger partial charge is 0.166 e. The van der Waals surface area contributed by atoms with Crippen molar-refractivity contribution in [3.05, 3.63) is 35.4 Å². The van der Waals surface area contributed by atoms with Crippen LogP contribution in [0.15, 0.2) is 24.3 Å². The average Bonchev–Trinajstić information content (AvgIpc) is 2.87. The van der Waals surface area contributed by atoms with Crippen LogP contribution in [0.25, 0.3) is 0 Å². The summed E-state index contributed by atoms with van der Waals surface area (Å²) >= 11 is 0. The fourth-order valence-electron chi connectivity index (χ4n) is 2.39. The summed E-state index contributed by atoms with van der Waals surface area (Å²) in [5.41, 5.74) is 2.44. The first-order valence-corrected chi connectivity index (χ1v) is 6.53.